The minimum Gasteiger partial charge on any atom is -0.486 e. The highest BCUT2D eigenvalue weighted by Crippen LogP contribution is 2.30. The third-order valence-electron chi connectivity index (χ3n) is 4.59. The summed E-state index contributed by atoms with van der Waals surface area (Å²) in [7, 11) is 0. The van der Waals surface area contributed by atoms with Crippen molar-refractivity contribution < 1.29 is 23.0 Å². The zero-order valence-corrected chi connectivity index (χ0v) is 16.4. The van der Waals surface area contributed by atoms with Crippen molar-refractivity contribution in [3.63, 3.8) is 0 Å². The van der Waals surface area contributed by atoms with E-state index in [1.807, 2.05) is 0 Å². The fraction of sp³-hybridized carbons (Fsp3) is 0.120. The van der Waals surface area contributed by atoms with Crippen molar-refractivity contribution in [1.82, 2.24) is 0 Å². The molecule has 0 fully saturated rings. The Morgan fingerprint density at radius 1 is 0.967 bits per heavy atom. The summed E-state index contributed by atoms with van der Waals surface area (Å²) in [6.07, 6.45) is 4.04. The van der Waals surface area contributed by atoms with E-state index in [1.165, 1.54) is 24.3 Å². The summed E-state index contributed by atoms with van der Waals surface area (Å²) in [5, 5.41) is 9.51. The molecule has 5 heteroatoms. The van der Waals surface area contributed by atoms with Gasteiger partial charge in [-0.2, -0.15) is 4.39 Å². The Hall–Kier alpha value is -3.31. The summed E-state index contributed by atoms with van der Waals surface area (Å²) in [4.78, 5) is 0. The van der Waals surface area contributed by atoms with Crippen molar-refractivity contribution >= 4 is 12.2 Å². The Kier molecular flexibility index (Phi) is 6.75. The molecule has 0 radical (unpaired) electrons. The Bertz CT molecular complexity index is 1070. The highest BCUT2D eigenvalue weighted by Gasteiger charge is 2.15. The van der Waals surface area contributed by atoms with Crippen LogP contribution in [0.15, 0.2) is 67.3 Å². The van der Waals surface area contributed by atoms with E-state index in [-0.39, 0.29) is 17.9 Å². The van der Waals surface area contributed by atoms with Crippen LogP contribution in [0, 0.1) is 17.5 Å². The number of hydrogen-bond acceptors (Lipinski definition) is 2. The fourth-order valence-corrected chi connectivity index (χ4v) is 2.91. The monoisotopic (exact) mass is 410 g/mol. The van der Waals surface area contributed by atoms with Crippen molar-refractivity contribution in [3.8, 4) is 16.9 Å². The van der Waals surface area contributed by atoms with Crippen LogP contribution in [0.5, 0.6) is 5.75 Å². The van der Waals surface area contributed by atoms with Crippen LogP contribution in [0.1, 0.15) is 29.7 Å². The van der Waals surface area contributed by atoms with Gasteiger partial charge in [0.05, 0.1) is 6.10 Å². The molecule has 0 aliphatic rings. The van der Waals surface area contributed by atoms with E-state index < -0.39 is 23.6 Å². The third kappa shape index (κ3) is 4.81. The Balaban J connectivity index is 1.79. The van der Waals surface area contributed by atoms with Crippen molar-refractivity contribution in [3.05, 3.63) is 101 Å². The van der Waals surface area contributed by atoms with Gasteiger partial charge < -0.3 is 9.84 Å². The molecule has 154 valence electrons. The standard InChI is InChI=1S/C25H21F3O2/c1-3-14-30-23-13-12-21(24(27)25(23)28)18-7-4-17(5-8-18)6-9-19-10-11-20(16(2)29)15-22(19)26/h3-13,15-16,29H,1,14H2,2H3/b9-6+. The Labute approximate surface area is 173 Å². The molecule has 1 unspecified atom stereocenters. The SMILES string of the molecule is C=CCOc1ccc(-c2ccc(/C=C/c3ccc(C(C)O)cc3F)cc2)c(F)c1F. The molecule has 0 saturated carbocycles. The smallest absolute Gasteiger partial charge is 0.201 e. The predicted molar refractivity (Wildman–Crippen MR) is 113 cm³/mol. The van der Waals surface area contributed by atoms with Gasteiger partial charge in [0.15, 0.2) is 11.6 Å². The first-order valence-electron chi connectivity index (χ1n) is 9.38. The predicted octanol–water partition coefficient (Wildman–Crippen LogP) is 6.56. The van der Waals surface area contributed by atoms with Gasteiger partial charge in [-0.3, -0.25) is 0 Å². The highest BCUT2D eigenvalue weighted by atomic mass is 19.2. The molecule has 2 nitrogen and oxygen atoms in total. The van der Waals surface area contributed by atoms with Crippen LogP contribution < -0.4 is 4.74 Å². The van der Waals surface area contributed by atoms with Gasteiger partial charge in [-0.15, -0.1) is 0 Å². The molecule has 0 heterocycles. The van der Waals surface area contributed by atoms with Gasteiger partial charge in [-0.05, 0) is 41.8 Å². The normalized spacial score (nSPS) is 12.2. The quantitative estimate of drug-likeness (QED) is 0.353. The number of benzene rings is 3. The van der Waals surface area contributed by atoms with E-state index in [0.29, 0.717) is 16.7 Å². The zero-order chi connectivity index (χ0) is 21.7. The molecule has 0 bridgehead atoms. The van der Waals surface area contributed by atoms with Crippen LogP contribution in [-0.4, -0.2) is 11.7 Å². The molecule has 1 atom stereocenters. The van der Waals surface area contributed by atoms with Crippen LogP contribution in [0.4, 0.5) is 13.2 Å². The molecule has 0 amide bonds. The molecule has 3 aromatic rings. The topological polar surface area (TPSA) is 29.5 Å². The second-order valence-corrected chi connectivity index (χ2v) is 6.75. The molecule has 0 saturated heterocycles. The van der Waals surface area contributed by atoms with E-state index in [0.717, 1.165) is 5.56 Å². The number of aliphatic hydroxyl groups excluding tert-OH is 1. The summed E-state index contributed by atoms with van der Waals surface area (Å²) >= 11 is 0. The molecular weight excluding hydrogens is 389 g/mol. The van der Waals surface area contributed by atoms with Crippen molar-refractivity contribution in [1.29, 1.82) is 0 Å². The number of rotatable bonds is 7. The molecule has 0 aromatic heterocycles. The summed E-state index contributed by atoms with van der Waals surface area (Å²) in [5.41, 5.74) is 2.28. The number of ether oxygens (including phenoxy) is 1. The van der Waals surface area contributed by atoms with Gasteiger partial charge >= 0.3 is 0 Å². The minimum atomic E-state index is -1.05. The Morgan fingerprint density at radius 2 is 1.70 bits per heavy atom. The van der Waals surface area contributed by atoms with E-state index in [9.17, 15) is 18.3 Å². The molecular formula is C25H21F3O2. The molecule has 0 spiro atoms. The highest BCUT2D eigenvalue weighted by molar-refractivity contribution is 5.72. The minimum absolute atomic E-state index is 0.0824. The summed E-state index contributed by atoms with van der Waals surface area (Å²) in [6.45, 7) is 5.13. The fourth-order valence-electron chi connectivity index (χ4n) is 2.91. The van der Waals surface area contributed by atoms with E-state index in [1.54, 1.807) is 55.5 Å². The van der Waals surface area contributed by atoms with E-state index in [2.05, 4.69) is 6.58 Å². The third-order valence-corrected chi connectivity index (χ3v) is 4.59. The summed E-state index contributed by atoms with van der Waals surface area (Å²) in [5.74, 6) is -2.63. The molecule has 0 aliphatic heterocycles. The lowest BCUT2D eigenvalue weighted by Crippen LogP contribution is -1.99. The van der Waals surface area contributed by atoms with Crippen LogP contribution in [-0.2, 0) is 0 Å². The van der Waals surface area contributed by atoms with Crippen LogP contribution >= 0.6 is 0 Å². The van der Waals surface area contributed by atoms with Gasteiger partial charge in [0.25, 0.3) is 0 Å². The first kappa shape index (κ1) is 21.4. The number of halogens is 3. The van der Waals surface area contributed by atoms with Crippen LogP contribution in [0.25, 0.3) is 23.3 Å². The summed E-state index contributed by atoms with van der Waals surface area (Å²) in [6, 6.07) is 14.2. The van der Waals surface area contributed by atoms with E-state index in [4.69, 9.17) is 4.74 Å². The lowest BCUT2D eigenvalue weighted by Gasteiger charge is -2.09. The average molecular weight is 410 g/mol. The van der Waals surface area contributed by atoms with Crippen LogP contribution in [0.3, 0.4) is 0 Å². The molecule has 3 rings (SSSR count). The molecule has 30 heavy (non-hydrogen) atoms. The van der Waals surface area contributed by atoms with Crippen molar-refractivity contribution in [2.24, 2.45) is 0 Å². The number of aliphatic hydroxyl groups is 1. The second-order valence-electron chi connectivity index (χ2n) is 6.75. The van der Waals surface area contributed by atoms with E-state index >= 15 is 0 Å². The maximum atomic E-state index is 14.4. The molecule has 1 N–H and O–H groups in total. The average Bonchev–Trinajstić information content (AvgIpc) is 2.74. The second kappa shape index (κ2) is 9.46. The van der Waals surface area contributed by atoms with Crippen LogP contribution in [0.2, 0.25) is 0 Å². The first-order valence-corrected chi connectivity index (χ1v) is 9.38. The molecule has 0 aliphatic carbocycles. The van der Waals surface area contributed by atoms with Crippen molar-refractivity contribution in [2.75, 3.05) is 6.61 Å². The van der Waals surface area contributed by atoms with Gasteiger partial charge in [0.1, 0.15) is 12.4 Å². The van der Waals surface area contributed by atoms with Crippen molar-refractivity contribution in [2.45, 2.75) is 13.0 Å². The zero-order valence-electron chi connectivity index (χ0n) is 16.4. The Morgan fingerprint density at radius 3 is 2.33 bits per heavy atom. The number of hydrogen-bond donors (Lipinski definition) is 1. The summed E-state index contributed by atoms with van der Waals surface area (Å²) < 4.78 is 47.8. The van der Waals surface area contributed by atoms with Gasteiger partial charge in [0, 0.05) is 11.1 Å². The maximum Gasteiger partial charge on any atom is 0.201 e. The largest absolute Gasteiger partial charge is 0.486 e. The first-order chi connectivity index (χ1) is 14.4. The van der Waals surface area contributed by atoms with Gasteiger partial charge in [-0.1, -0.05) is 61.2 Å². The lowest BCUT2D eigenvalue weighted by molar-refractivity contribution is 0.199. The van der Waals surface area contributed by atoms with Gasteiger partial charge in [0.2, 0.25) is 5.82 Å². The maximum absolute atomic E-state index is 14.4. The lowest BCUT2D eigenvalue weighted by atomic mass is 10.0. The van der Waals surface area contributed by atoms with Gasteiger partial charge in [-0.25, -0.2) is 8.78 Å². The molecule has 3 aromatic carbocycles.